The highest BCUT2D eigenvalue weighted by Crippen LogP contribution is 2.26. The molecule has 0 aliphatic carbocycles. The van der Waals surface area contributed by atoms with E-state index < -0.39 is 0 Å². The van der Waals surface area contributed by atoms with E-state index in [0.29, 0.717) is 30.2 Å². The molecule has 9 nitrogen and oxygen atoms in total. The average Bonchev–Trinajstić information content (AvgIpc) is 3.13. The number of hydrogen-bond donors (Lipinski definition) is 4. The van der Waals surface area contributed by atoms with Gasteiger partial charge >= 0.3 is 5.69 Å². The third kappa shape index (κ3) is 5.43. The van der Waals surface area contributed by atoms with Crippen LogP contribution in [0.4, 0.5) is 0 Å². The van der Waals surface area contributed by atoms with Gasteiger partial charge in [-0.05, 0) is 25.1 Å². The zero-order valence-corrected chi connectivity index (χ0v) is 18.5. The van der Waals surface area contributed by atoms with E-state index in [-0.39, 0.29) is 17.1 Å². The minimum atomic E-state index is -0.345. The lowest BCUT2D eigenvalue weighted by Crippen LogP contribution is -2.23. The van der Waals surface area contributed by atoms with E-state index in [9.17, 15) is 4.79 Å². The highest BCUT2D eigenvalue weighted by atomic mass is 16.5. The van der Waals surface area contributed by atoms with Crippen molar-refractivity contribution < 1.29 is 4.74 Å². The first-order valence-corrected chi connectivity index (χ1v) is 10.3. The minimum absolute atomic E-state index is 0.0598. The molecular weight excluding hydrogens is 394 g/mol. The number of nitrogens with zero attached hydrogens (tertiary/aromatic N) is 3. The lowest BCUT2D eigenvalue weighted by atomic mass is 9.92. The fourth-order valence-electron chi connectivity index (χ4n) is 3.25. The van der Waals surface area contributed by atoms with Gasteiger partial charge in [0.1, 0.15) is 11.4 Å². The van der Waals surface area contributed by atoms with Crippen molar-refractivity contribution in [2.75, 3.05) is 20.2 Å². The Kier molecular flexibility index (Phi) is 6.65. The Balaban J connectivity index is 1.80. The molecule has 31 heavy (non-hydrogen) atoms. The molecule has 0 fully saturated rings. The molecule has 0 aliphatic rings. The molecule has 0 atom stereocenters. The maximum atomic E-state index is 12.6. The van der Waals surface area contributed by atoms with Crippen LogP contribution in [0.3, 0.4) is 0 Å². The molecule has 0 bridgehead atoms. The number of fused-ring (bicyclic) bond motifs is 1. The number of guanidine groups is 1. The third-order valence-electron chi connectivity index (χ3n) is 4.99. The van der Waals surface area contributed by atoms with Crippen molar-refractivity contribution in [3.05, 3.63) is 52.2 Å². The van der Waals surface area contributed by atoms with E-state index in [1.54, 1.807) is 7.11 Å². The molecule has 0 radical (unpaired) electrons. The number of methoxy groups -OCH3 is 1. The first kappa shape index (κ1) is 22.4. The Morgan fingerprint density at radius 2 is 2.06 bits per heavy atom. The zero-order valence-electron chi connectivity index (χ0n) is 18.5. The number of benzene rings is 1. The summed E-state index contributed by atoms with van der Waals surface area (Å²) in [7, 11) is 1.62. The Hall–Kier alpha value is -3.33. The van der Waals surface area contributed by atoms with Gasteiger partial charge < -0.3 is 26.5 Å². The quantitative estimate of drug-likeness (QED) is 0.247. The smallest absolute Gasteiger partial charge is 0.354 e. The largest absolute Gasteiger partial charge is 0.496 e. The lowest BCUT2D eigenvalue weighted by molar-refractivity contribution is 0.407. The average molecular weight is 426 g/mol. The molecule has 1 aromatic carbocycles. The highest BCUT2D eigenvalue weighted by molar-refractivity contribution is 5.76. The number of hydrogen-bond acceptors (Lipinski definition) is 5. The van der Waals surface area contributed by atoms with Crippen molar-refractivity contribution >= 4 is 17.0 Å². The van der Waals surface area contributed by atoms with Crippen LogP contribution < -0.4 is 27.2 Å². The third-order valence-corrected chi connectivity index (χ3v) is 4.99. The predicted octanol–water partition coefficient (Wildman–Crippen LogP) is 1.77. The lowest BCUT2D eigenvalue weighted by Gasteiger charge is -2.15. The monoisotopic (exact) mass is 425 g/mol. The summed E-state index contributed by atoms with van der Waals surface area (Å²) in [5.74, 6) is 0.806. The molecule has 0 saturated carbocycles. The minimum Gasteiger partial charge on any atom is -0.496 e. The highest BCUT2D eigenvalue weighted by Gasteiger charge is 2.18. The number of H-pyrrole nitrogens is 1. The van der Waals surface area contributed by atoms with Crippen molar-refractivity contribution in [1.82, 2.24) is 19.9 Å². The fourth-order valence-corrected chi connectivity index (χ4v) is 3.25. The van der Waals surface area contributed by atoms with Crippen LogP contribution in [0, 0.1) is 0 Å². The van der Waals surface area contributed by atoms with Crippen LogP contribution in [0.1, 0.15) is 38.4 Å². The Morgan fingerprint density at radius 1 is 1.29 bits per heavy atom. The molecule has 2 aromatic heterocycles. The molecule has 0 aliphatic heterocycles. The number of aromatic nitrogens is 3. The van der Waals surface area contributed by atoms with Crippen molar-refractivity contribution in [2.24, 2.45) is 16.5 Å². The van der Waals surface area contributed by atoms with E-state index >= 15 is 0 Å². The van der Waals surface area contributed by atoms with Gasteiger partial charge in [-0.3, -0.25) is 9.56 Å². The number of rotatable bonds is 8. The van der Waals surface area contributed by atoms with Gasteiger partial charge in [0.05, 0.1) is 12.8 Å². The van der Waals surface area contributed by atoms with Gasteiger partial charge in [-0.25, -0.2) is 4.79 Å². The fraction of sp³-hybridized carbons (Fsp3) is 0.409. The van der Waals surface area contributed by atoms with E-state index in [2.05, 4.69) is 41.0 Å². The summed E-state index contributed by atoms with van der Waals surface area (Å²) in [6, 6.07) is 7.73. The van der Waals surface area contributed by atoms with Gasteiger partial charge in [0.15, 0.2) is 5.96 Å². The van der Waals surface area contributed by atoms with Gasteiger partial charge in [0.25, 0.3) is 0 Å². The number of aromatic amines is 1. The molecule has 6 N–H and O–H groups in total. The SMILES string of the molecule is COc1cc(-n2cc3cc(C(C)(C)C)[nH]c3nc2=O)ccc1CNCCCN=C(N)N. The molecule has 0 amide bonds. The van der Waals surface area contributed by atoms with E-state index in [1.165, 1.54) is 4.57 Å². The summed E-state index contributed by atoms with van der Waals surface area (Å²) in [4.78, 5) is 24.1. The molecule has 2 heterocycles. The van der Waals surface area contributed by atoms with Crippen LogP contribution in [0.15, 0.2) is 40.2 Å². The maximum Gasteiger partial charge on any atom is 0.354 e. The molecule has 9 heteroatoms. The van der Waals surface area contributed by atoms with Gasteiger partial charge in [0, 0.05) is 47.4 Å². The number of ether oxygens (including phenoxy) is 1. The summed E-state index contributed by atoms with van der Waals surface area (Å²) in [6.45, 7) is 8.32. The second-order valence-corrected chi connectivity index (χ2v) is 8.46. The Labute approximate surface area is 181 Å². The molecular formula is C22H31N7O2. The predicted molar refractivity (Wildman–Crippen MR) is 124 cm³/mol. The molecule has 0 saturated heterocycles. The number of nitrogens with one attached hydrogen (secondary N) is 2. The first-order chi connectivity index (χ1) is 14.7. The van der Waals surface area contributed by atoms with Gasteiger partial charge in [-0.1, -0.05) is 26.8 Å². The Bertz CT molecular complexity index is 1130. The number of aliphatic imine (C=N–C) groups is 1. The summed E-state index contributed by atoms with van der Waals surface area (Å²) >= 11 is 0. The van der Waals surface area contributed by atoms with Gasteiger partial charge in [-0.2, -0.15) is 4.98 Å². The van der Waals surface area contributed by atoms with Crippen molar-refractivity contribution in [1.29, 1.82) is 0 Å². The molecule has 0 spiro atoms. The first-order valence-electron chi connectivity index (χ1n) is 10.3. The van der Waals surface area contributed by atoms with Crippen LogP contribution in [-0.4, -0.2) is 40.7 Å². The summed E-state index contributed by atoms with van der Waals surface area (Å²) in [5.41, 5.74) is 13.6. The van der Waals surface area contributed by atoms with Crippen molar-refractivity contribution in [3.8, 4) is 11.4 Å². The second-order valence-electron chi connectivity index (χ2n) is 8.46. The van der Waals surface area contributed by atoms with Crippen LogP contribution in [0.2, 0.25) is 0 Å². The summed E-state index contributed by atoms with van der Waals surface area (Å²) in [6.07, 6.45) is 2.64. The standard InChI is InChI=1S/C22H31N7O2/c1-22(2,3)18-10-15-13-29(21(30)28-19(15)27-18)16-7-6-14(17(11-16)31-4)12-25-8-5-9-26-20(23)24/h6-7,10-11,13,25H,5,8-9,12H2,1-4H3,(H4,23,24,26)(H,27,28,30). The van der Waals surface area contributed by atoms with Crippen LogP contribution in [0.25, 0.3) is 16.7 Å². The van der Waals surface area contributed by atoms with Crippen molar-refractivity contribution in [2.45, 2.75) is 39.2 Å². The number of nitrogens with two attached hydrogens (primary N) is 2. The summed E-state index contributed by atoms with van der Waals surface area (Å²) in [5, 5.41) is 4.23. The van der Waals surface area contributed by atoms with Crippen LogP contribution in [0.5, 0.6) is 5.75 Å². The van der Waals surface area contributed by atoms with Gasteiger partial charge in [0.2, 0.25) is 0 Å². The maximum absolute atomic E-state index is 12.6. The van der Waals surface area contributed by atoms with E-state index in [1.807, 2.05) is 30.5 Å². The van der Waals surface area contributed by atoms with E-state index in [0.717, 1.165) is 29.6 Å². The molecule has 3 aromatic rings. The topological polar surface area (TPSA) is 136 Å². The Morgan fingerprint density at radius 3 is 2.74 bits per heavy atom. The van der Waals surface area contributed by atoms with Gasteiger partial charge in [-0.15, -0.1) is 0 Å². The molecule has 3 rings (SSSR count). The molecule has 0 unspecified atom stereocenters. The summed E-state index contributed by atoms with van der Waals surface area (Å²) < 4.78 is 7.10. The normalized spacial score (nSPS) is 11.6. The van der Waals surface area contributed by atoms with E-state index in [4.69, 9.17) is 16.2 Å². The van der Waals surface area contributed by atoms with Crippen molar-refractivity contribution in [3.63, 3.8) is 0 Å². The second kappa shape index (κ2) is 9.22. The van der Waals surface area contributed by atoms with Crippen LogP contribution >= 0.6 is 0 Å². The molecule has 166 valence electrons. The van der Waals surface area contributed by atoms with Crippen LogP contribution in [-0.2, 0) is 12.0 Å². The zero-order chi connectivity index (χ0) is 22.6.